The van der Waals surface area contributed by atoms with Crippen molar-refractivity contribution in [1.29, 1.82) is 0 Å². The Kier molecular flexibility index (Phi) is 2.81. The van der Waals surface area contributed by atoms with Crippen LogP contribution in [0, 0.1) is 17.3 Å². The van der Waals surface area contributed by atoms with E-state index in [1.807, 2.05) is 6.92 Å². The van der Waals surface area contributed by atoms with Gasteiger partial charge in [0.05, 0.1) is 0 Å². The van der Waals surface area contributed by atoms with Gasteiger partial charge in [-0.2, -0.15) is 0 Å². The van der Waals surface area contributed by atoms with E-state index in [2.05, 4.69) is 20.1 Å². The normalized spacial score (nSPS) is 39.4. The molecule has 0 amide bonds. The van der Waals surface area contributed by atoms with Gasteiger partial charge in [-0.1, -0.05) is 31.2 Å². The molecule has 2 aliphatic carbocycles. The number of hydrogen-bond acceptors (Lipinski definition) is 1. The second-order valence-corrected chi connectivity index (χ2v) is 6.00. The highest BCUT2D eigenvalue weighted by atomic mass is 16.1. The van der Waals surface area contributed by atoms with Crippen LogP contribution in [0.25, 0.3) is 0 Å². The van der Waals surface area contributed by atoms with E-state index in [1.165, 1.54) is 18.4 Å². The molecule has 0 N–H and O–H groups in total. The molecule has 0 aromatic heterocycles. The fraction of sp³-hybridized carbons (Fsp3) is 0.667. The highest BCUT2D eigenvalue weighted by Crippen LogP contribution is 2.53. The number of hydrogen-bond donors (Lipinski definition) is 0. The lowest BCUT2D eigenvalue weighted by Crippen LogP contribution is -2.42. The van der Waals surface area contributed by atoms with Gasteiger partial charge in [-0.05, 0) is 43.9 Å². The van der Waals surface area contributed by atoms with E-state index in [0.717, 1.165) is 24.8 Å². The zero-order valence-electron chi connectivity index (χ0n) is 10.5. The summed E-state index contributed by atoms with van der Waals surface area (Å²) in [4.78, 5) is 12.1. The number of carbonyl (C=O) groups is 1. The molecular weight excluding hydrogens is 196 g/mol. The quantitative estimate of drug-likeness (QED) is 0.610. The van der Waals surface area contributed by atoms with Gasteiger partial charge in [0.2, 0.25) is 0 Å². The lowest BCUT2D eigenvalue weighted by molar-refractivity contribution is -0.129. The Hall–Kier alpha value is -0.850. The third-order valence-electron chi connectivity index (χ3n) is 4.61. The number of carbonyl (C=O) groups excluding carboxylic acids is 1. The number of rotatable bonds is 1. The minimum absolute atomic E-state index is 0.0907. The Morgan fingerprint density at radius 1 is 1.50 bits per heavy atom. The van der Waals surface area contributed by atoms with E-state index in [1.54, 1.807) is 0 Å². The summed E-state index contributed by atoms with van der Waals surface area (Å²) in [5.41, 5.74) is 2.59. The predicted molar refractivity (Wildman–Crippen MR) is 67.1 cm³/mol. The molecule has 2 fully saturated rings. The van der Waals surface area contributed by atoms with Crippen LogP contribution in [0.1, 0.15) is 46.0 Å². The zero-order valence-corrected chi connectivity index (χ0v) is 10.5. The lowest BCUT2D eigenvalue weighted by Gasteiger charge is -2.48. The van der Waals surface area contributed by atoms with Gasteiger partial charge in [0.25, 0.3) is 0 Å². The van der Waals surface area contributed by atoms with Gasteiger partial charge < -0.3 is 0 Å². The lowest BCUT2D eigenvalue weighted by atomic mass is 9.56. The number of ketones is 1. The van der Waals surface area contributed by atoms with Crippen molar-refractivity contribution < 1.29 is 4.79 Å². The Labute approximate surface area is 98.6 Å². The van der Waals surface area contributed by atoms with Crippen LogP contribution >= 0.6 is 0 Å². The molecule has 2 saturated carbocycles. The van der Waals surface area contributed by atoms with Crippen LogP contribution in [-0.2, 0) is 4.79 Å². The van der Waals surface area contributed by atoms with Crippen molar-refractivity contribution >= 4 is 5.78 Å². The molecule has 0 aliphatic heterocycles. The van der Waals surface area contributed by atoms with E-state index in [4.69, 9.17) is 0 Å². The third-order valence-corrected chi connectivity index (χ3v) is 4.61. The van der Waals surface area contributed by atoms with Crippen molar-refractivity contribution in [3.63, 3.8) is 0 Å². The average Bonchev–Trinajstić information content (AvgIpc) is 2.15. The minimum atomic E-state index is 0.0907. The maximum Gasteiger partial charge on any atom is 0.140 e. The zero-order chi connectivity index (χ0) is 11.9. The number of Topliss-reactive ketones (excluding diaryl/α,β-unsaturated/α-hetero) is 1. The van der Waals surface area contributed by atoms with Crippen molar-refractivity contribution in [2.75, 3.05) is 0 Å². The van der Waals surface area contributed by atoms with Gasteiger partial charge in [0, 0.05) is 12.3 Å². The number of fused-ring (bicyclic) bond motifs is 1. The molecule has 2 rings (SSSR count). The highest BCUT2D eigenvalue weighted by molar-refractivity contribution is 5.85. The summed E-state index contributed by atoms with van der Waals surface area (Å²) in [6, 6.07) is 0. The SMILES string of the molecule is C=C(C)[C@@H]1C[C@@H]2C(=C)CCC[C@@]2(C)CC1=O. The molecule has 0 aromatic carbocycles. The summed E-state index contributed by atoms with van der Waals surface area (Å²) in [6.45, 7) is 12.4. The van der Waals surface area contributed by atoms with Gasteiger partial charge in [0.15, 0.2) is 0 Å². The topological polar surface area (TPSA) is 17.1 Å². The first-order chi connectivity index (χ1) is 7.44. The maximum atomic E-state index is 12.1. The summed E-state index contributed by atoms with van der Waals surface area (Å²) < 4.78 is 0. The predicted octanol–water partition coefficient (Wildman–Crippen LogP) is 3.90. The van der Waals surface area contributed by atoms with Crippen molar-refractivity contribution in [3.05, 3.63) is 24.3 Å². The fourth-order valence-corrected chi connectivity index (χ4v) is 3.59. The van der Waals surface area contributed by atoms with Crippen molar-refractivity contribution in [1.82, 2.24) is 0 Å². The van der Waals surface area contributed by atoms with Gasteiger partial charge in [-0.3, -0.25) is 4.79 Å². The van der Waals surface area contributed by atoms with Crippen LogP contribution in [0.5, 0.6) is 0 Å². The maximum absolute atomic E-state index is 12.1. The Balaban J connectivity index is 2.26. The standard InChI is InChI=1S/C15H22O/c1-10(2)12-8-13-11(3)6-5-7-15(13,4)9-14(12)16/h12-13H,1,3,5-9H2,2,4H3/t12-,13+,15-/m0/s1. The summed E-state index contributed by atoms with van der Waals surface area (Å²) >= 11 is 0. The Morgan fingerprint density at radius 3 is 2.81 bits per heavy atom. The molecule has 88 valence electrons. The summed E-state index contributed by atoms with van der Waals surface area (Å²) in [7, 11) is 0. The van der Waals surface area contributed by atoms with Gasteiger partial charge in [-0.25, -0.2) is 0 Å². The largest absolute Gasteiger partial charge is 0.299 e. The first-order valence-electron chi connectivity index (χ1n) is 6.30. The highest BCUT2D eigenvalue weighted by Gasteiger charge is 2.46. The molecule has 0 unspecified atom stereocenters. The van der Waals surface area contributed by atoms with Gasteiger partial charge in [-0.15, -0.1) is 0 Å². The molecule has 16 heavy (non-hydrogen) atoms. The molecule has 3 atom stereocenters. The Bertz CT molecular complexity index is 352. The summed E-state index contributed by atoms with van der Waals surface area (Å²) in [5, 5.41) is 0. The summed E-state index contributed by atoms with van der Waals surface area (Å²) in [5.74, 6) is 1.04. The molecule has 0 aromatic rings. The molecule has 0 bridgehead atoms. The van der Waals surface area contributed by atoms with Crippen LogP contribution < -0.4 is 0 Å². The molecule has 0 radical (unpaired) electrons. The van der Waals surface area contributed by atoms with Crippen LogP contribution in [0.15, 0.2) is 24.3 Å². The molecule has 2 aliphatic rings. The van der Waals surface area contributed by atoms with Gasteiger partial charge in [0.1, 0.15) is 5.78 Å². The van der Waals surface area contributed by atoms with E-state index in [9.17, 15) is 4.79 Å². The van der Waals surface area contributed by atoms with E-state index in [-0.39, 0.29) is 11.3 Å². The Morgan fingerprint density at radius 2 is 2.19 bits per heavy atom. The first kappa shape index (κ1) is 11.6. The fourth-order valence-electron chi connectivity index (χ4n) is 3.59. The van der Waals surface area contributed by atoms with Crippen molar-refractivity contribution in [3.8, 4) is 0 Å². The monoisotopic (exact) mass is 218 g/mol. The van der Waals surface area contributed by atoms with Crippen molar-refractivity contribution in [2.24, 2.45) is 17.3 Å². The van der Waals surface area contributed by atoms with Crippen LogP contribution in [0.4, 0.5) is 0 Å². The van der Waals surface area contributed by atoms with Crippen LogP contribution in [0.3, 0.4) is 0 Å². The second-order valence-electron chi connectivity index (χ2n) is 6.00. The first-order valence-corrected chi connectivity index (χ1v) is 6.30. The van der Waals surface area contributed by atoms with Crippen molar-refractivity contribution in [2.45, 2.75) is 46.0 Å². The average molecular weight is 218 g/mol. The third kappa shape index (κ3) is 1.77. The number of allylic oxidation sites excluding steroid dienone is 2. The molecule has 0 saturated heterocycles. The van der Waals surface area contributed by atoms with Gasteiger partial charge >= 0.3 is 0 Å². The van der Waals surface area contributed by atoms with E-state index < -0.39 is 0 Å². The van der Waals surface area contributed by atoms with E-state index >= 15 is 0 Å². The molecule has 1 heteroatoms. The molecule has 1 nitrogen and oxygen atoms in total. The van der Waals surface area contributed by atoms with Crippen LogP contribution in [-0.4, -0.2) is 5.78 Å². The minimum Gasteiger partial charge on any atom is -0.299 e. The van der Waals surface area contributed by atoms with E-state index in [0.29, 0.717) is 11.7 Å². The second kappa shape index (κ2) is 3.87. The summed E-state index contributed by atoms with van der Waals surface area (Å²) in [6.07, 6.45) is 5.23. The molecular formula is C15H22O. The molecule has 0 spiro atoms. The molecule has 0 heterocycles. The van der Waals surface area contributed by atoms with Crippen LogP contribution in [0.2, 0.25) is 0 Å². The smallest absolute Gasteiger partial charge is 0.140 e.